The quantitative estimate of drug-likeness (QED) is 0.745. The summed E-state index contributed by atoms with van der Waals surface area (Å²) in [4.78, 5) is 19.2. The molecule has 2 aliphatic heterocycles. The summed E-state index contributed by atoms with van der Waals surface area (Å²) in [5, 5.41) is 0.0441. The van der Waals surface area contributed by atoms with Gasteiger partial charge in [0, 0.05) is 30.8 Å². The number of likely N-dealkylation sites (tertiary alicyclic amines) is 1. The number of carbonyl (C=O) groups is 1. The number of piperidine rings is 1. The summed E-state index contributed by atoms with van der Waals surface area (Å²) in [6.45, 7) is 9.79. The fourth-order valence-electron chi connectivity index (χ4n) is 4.73. The molecule has 6 nitrogen and oxygen atoms in total. The largest absolute Gasteiger partial charge is 0.464 e. The lowest BCUT2D eigenvalue weighted by atomic mass is 9.63. The monoisotopic (exact) mass is 399 g/mol. The zero-order valence-electron chi connectivity index (χ0n) is 17.4. The van der Waals surface area contributed by atoms with Gasteiger partial charge >= 0.3 is 7.12 Å². The summed E-state index contributed by atoms with van der Waals surface area (Å²) < 4.78 is 27.6. The number of nitrogens with zero attached hydrogens (tertiary/aromatic N) is 3. The molecule has 5 rings (SSSR count). The van der Waals surface area contributed by atoms with E-state index in [0.29, 0.717) is 23.8 Å². The van der Waals surface area contributed by atoms with Gasteiger partial charge in [0.2, 0.25) is 5.91 Å². The number of amides is 1. The SMILES string of the molecule is CC1(C)OB(C23CCN(C(=O)Cc4cn5cc(F)ccc5n4)CC2C3)OC1(C)C. The van der Waals surface area contributed by atoms with Gasteiger partial charge in [-0.05, 0) is 58.6 Å². The minimum atomic E-state index is -0.324. The third-order valence-corrected chi connectivity index (χ3v) is 7.44. The lowest BCUT2D eigenvalue weighted by Gasteiger charge is -2.32. The molecular formula is C21H27BFN3O3. The Labute approximate surface area is 170 Å². The first kappa shape index (κ1) is 19.1. The van der Waals surface area contributed by atoms with Gasteiger partial charge in [0.05, 0.1) is 23.3 Å². The zero-order valence-corrected chi connectivity index (χ0v) is 17.4. The van der Waals surface area contributed by atoms with Crippen molar-refractivity contribution in [3.8, 4) is 0 Å². The Hall–Kier alpha value is -1.93. The van der Waals surface area contributed by atoms with E-state index in [4.69, 9.17) is 9.31 Å². The van der Waals surface area contributed by atoms with Gasteiger partial charge in [-0.2, -0.15) is 0 Å². The number of hydrogen-bond acceptors (Lipinski definition) is 4. The topological polar surface area (TPSA) is 56.1 Å². The van der Waals surface area contributed by atoms with Crippen LogP contribution < -0.4 is 0 Å². The van der Waals surface area contributed by atoms with Crippen molar-refractivity contribution >= 4 is 18.7 Å². The van der Waals surface area contributed by atoms with Crippen molar-refractivity contribution in [3.05, 3.63) is 36.0 Å². The maximum atomic E-state index is 13.4. The van der Waals surface area contributed by atoms with E-state index in [1.165, 1.54) is 12.3 Å². The molecule has 8 heteroatoms. The van der Waals surface area contributed by atoms with Crippen molar-refractivity contribution in [2.75, 3.05) is 13.1 Å². The molecule has 0 N–H and O–H groups in total. The van der Waals surface area contributed by atoms with Crippen LogP contribution in [0.4, 0.5) is 4.39 Å². The minimum Gasteiger partial charge on any atom is -0.403 e. The van der Waals surface area contributed by atoms with Crippen molar-refractivity contribution in [1.82, 2.24) is 14.3 Å². The van der Waals surface area contributed by atoms with E-state index >= 15 is 0 Å². The lowest BCUT2D eigenvalue weighted by Crippen LogP contribution is -2.42. The summed E-state index contributed by atoms with van der Waals surface area (Å²) in [5.41, 5.74) is 0.665. The van der Waals surface area contributed by atoms with Gasteiger partial charge in [-0.3, -0.25) is 4.79 Å². The predicted molar refractivity (Wildman–Crippen MR) is 107 cm³/mol. The molecule has 2 aromatic rings. The van der Waals surface area contributed by atoms with Gasteiger partial charge in [0.15, 0.2) is 0 Å². The molecule has 154 valence electrons. The first-order valence-corrected chi connectivity index (χ1v) is 10.4. The molecular weight excluding hydrogens is 372 g/mol. The molecule has 0 spiro atoms. The molecule has 3 fully saturated rings. The lowest BCUT2D eigenvalue weighted by molar-refractivity contribution is -0.131. The van der Waals surface area contributed by atoms with Gasteiger partial charge in [-0.1, -0.05) is 0 Å². The summed E-state index contributed by atoms with van der Waals surface area (Å²) in [5.74, 6) is 0.171. The van der Waals surface area contributed by atoms with E-state index in [1.54, 1.807) is 16.7 Å². The van der Waals surface area contributed by atoms with Crippen molar-refractivity contribution in [2.45, 2.75) is 63.5 Å². The van der Waals surface area contributed by atoms with Crippen LogP contribution in [-0.4, -0.2) is 51.6 Å². The maximum absolute atomic E-state index is 13.4. The van der Waals surface area contributed by atoms with E-state index in [-0.39, 0.29) is 41.8 Å². The molecule has 0 radical (unpaired) electrons. The highest BCUT2D eigenvalue weighted by Crippen LogP contribution is 2.69. The van der Waals surface area contributed by atoms with Gasteiger partial charge in [-0.25, -0.2) is 9.37 Å². The second-order valence-corrected chi connectivity index (χ2v) is 9.83. The third kappa shape index (κ3) is 2.99. The Kier molecular flexibility index (Phi) is 3.97. The fourth-order valence-corrected chi connectivity index (χ4v) is 4.73. The highest BCUT2D eigenvalue weighted by atomic mass is 19.1. The molecule has 4 heterocycles. The van der Waals surface area contributed by atoms with Gasteiger partial charge in [-0.15, -0.1) is 0 Å². The molecule has 1 aliphatic carbocycles. The second-order valence-electron chi connectivity index (χ2n) is 9.83. The molecule has 29 heavy (non-hydrogen) atoms. The molecule has 2 atom stereocenters. The minimum absolute atomic E-state index is 0.0441. The highest BCUT2D eigenvalue weighted by Gasteiger charge is 2.70. The average Bonchev–Trinajstić information content (AvgIpc) is 3.18. The van der Waals surface area contributed by atoms with E-state index in [2.05, 4.69) is 32.7 Å². The number of carbonyl (C=O) groups excluding carboxylic acids is 1. The molecule has 3 aliphatic rings. The number of halogens is 1. The van der Waals surface area contributed by atoms with Crippen molar-refractivity contribution in [1.29, 1.82) is 0 Å². The zero-order chi connectivity index (χ0) is 20.6. The fraction of sp³-hybridized carbons (Fsp3) is 0.619. The van der Waals surface area contributed by atoms with Crippen LogP contribution in [-0.2, 0) is 20.5 Å². The predicted octanol–water partition coefficient (Wildman–Crippen LogP) is 3.10. The Morgan fingerprint density at radius 1 is 1.24 bits per heavy atom. The Bertz CT molecular complexity index is 975. The van der Waals surface area contributed by atoms with Crippen LogP contribution in [0.1, 0.15) is 46.2 Å². The van der Waals surface area contributed by atoms with Crippen LogP contribution in [0, 0.1) is 11.7 Å². The molecule has 0 aromatic carbocycles. The average molecular weight is 399 g/mol. The number of fused-ring (bicyclic) bond motifs is 2. The summed E-state index contributed by atoms with van der Waals surface area (Å²) in [7, 11) is -0.192. The summed E-state index contributed by atoms with van der Waals surface area (Å²) >= 11 is 0. The van der Waals surface area contributed by atoms with Crippen LogP contribution in [0.15, 0.2) is 24.5 Å². The third-order valence-electron chi connectivity index (χ3n) is 7.44. The molecule has 1 saturated carbocycles. The Balaban J connectivity index is 1.23. The highest BCUT2D eigenvalue weighted by molar-refractivity contribution is 6.51. The summed E-state index contributed by atoms with van der Waals surface area (Å²) in [6, 6.07) is 2.99. The number of hydrogen-bond donors (Lipinski definition) is 0. The van der Waals surface area contributed by atoms with Crippen LogP contribution >= 0.6 is 0 Å². The van der Waals surface area contributed by atoms with Crippen LogP contribution in [0.3, 0.4) is 0 Å². The van der Waals surface area contributed by atoms with Crippen LogP contribution in [0.5, 0.6) is 0 Å². The van der Waals surface area contributed by atoms with E-state index in [1.807, 2.05) is 4.90 Å². The van der Waals surface area contributed by atoms with Crippen molar-refractivity contribution in [2.24, 2.45) is 5.92 Å². The molecule has 2 aromatic heterocycles. The van der Waals surface area contributed by atoms with Crippen molar-refractivity contribution < 1.29 is 18.5 Å². The number of rotatable bonds is 3. The molecule has 2 saturated heterocycles. The number of aromatic nitrogens is 2. The smallest absolute Gasteiger partial charge is 0.403 e. The van der Waals surface area contributed by atoms with Crippen LogP contribution in [0.2, 0.25) is 5.31 Å². The Morgan fingerprint density at radius 3 is 2.66 bits per heavy atom. The first-order valence-electron chi connectivity index (χ1n) is 10.4. The van der Waals surface area contributed by atoms with Crippen LogP contribution in [0.25, 0.3) is 5.65 Å². The molecule has 0 bridgehead atoms. The van der Waals surface area contributed by atoms with Gasteiger partial charge < -0.3 is 18.6 Å². The standard InChI is InChI=1S/C21H27BFN3O3/c1-19(2)20(3,4)29-22(28-19)21-7-8-25(11-14(21)10-21)18(27)9-16-13-26-12-15(23)5-6-17(26)24-16/h5-6,12-14H,7-11H2,1-4H3. The number of pyridine rings is 1. The maximum Gasteiger partial charge on any atom is 0.464 e. The molecule has 1 amide bonds. The Morgan fingerprint density at radius 2 is 1.97 bits per heavy atom. The van der Waals surface area contributed by atoms with E-state index in [0.717, 1.165) is 19.4 Å². The van der Waals surface area contributed by atoms with E-state index in [9.17, 15) is 9.18 Å². The second kappa shape index (κ2) is 6.05. The summed E-state index contributed by atoms with van der Waals surface area (Å²) in [6.07, 6.45) is 5.28. The van der Waals surface area contributed by atoms with Crippen molar-refractivity contribution in [3.63, 3.8) is 0 Å². The molecule has 2 unspecified atom stereocenters. The number of imidazole rings is 1. The normalized spacial score (nSPS) is 29.9. The van der Waals surface area contributed by atoms with Gasteiger partial charge in [0.25, 0.3) is 0 Å². The first-order chi connectivity index (χ1) is 13.6. The van der Waals surface area contributed by atoms with E-state index < -0.39 is 0 Å². The van der Waals surface area contributed by atoms with Gasteiger partial charge in [0.1, 0.15) is 11.5 Å².